The molecule has 0 radical (unpaired) electrons. The normalized spacial score (nSPS) is 32.9. The van der Waals surface area contributed by atoms with Gasteiger partial charge in [0.15, 0.2) is 0 Å². The minimum atomic E-state index is 0.806. The summed E-state index contributed by atoms with van der Waals surface area (Å²) in [6.45, 7) is 4.80. The van der Waals surface area contributed by atoms with Crippen molar-refractivity contribution in [2.45, 2.75) is 39.0 Å². The van der Waals surface area contributed by atoms with E-state index in [0.29, 0.717) is 0 Å². The van der Waals surface area contributed by atoms with Crippen molar-refractivity contribution in [1.29, 1.82) is 0 Å². The van der Waals surface area contributed by atoms with Crippen LogP contribution >= 0.6 is 0 Å². The molecule has 0 saturated heterocycles. The van der Waals surface area contributed by atoms with Crippen molar-refractivity contribution in [3.05, 3.63) is 35.9 Å². The van der Waals surface area contributed by atoms with Crippen LogP contribution in [0, 0.1) is 11.8 Å². The highest BCUT2D eigenvalue weighted by Gasteiger charge is 2.26. The van der Waals surface area contributed by atoms with Gasteiger partial charge in [0.05, 0.1) is 0 Å². The Bertz CT molecular complexity index is 275. The van der Waals surface area contributed by atoms with Gasteiger partial charge >= 0.3 is 0 Å². The summed E-state index contributed by atoms with van der Waals surface area (Å²) in [7, 11) is 0. The van der Waals surface area contributed by atoms with Crippen molar-refractivity contribution in [3.8, 4) is 0 Å². The van der Waals surface area contributed by atoms with Gasteiger partial charge in [0.1, 0.15) is 0 Å². The molecular formula is C14H20. The van der Waals surface area contributed by atoms with Gasteiger partial charge < -0.3 is 0 Å². The molecule has 0 spiro atoms. The molecule has 0 nitrogen and oxygen atoms in total. The van der Waals surface area contributed by atoms with Crippen molar-refractivity contribution in [2.24, 2.45) is 11.8 Å². The average molecular weight is 188 g/mol. The Morgan fingerprint density at radius 3 is 2.43 bits per heavy atom. The fourth-order valence-electron chi connectivity index (χ4n) is 2.70. The maximum Gasteiger partial charge on any atom is -0.0134 e. The molecule has 1 aliphatic carbocycles. The van der Waals surface area contributed by atoms with E-state index in [1.165, 1.54) is 19.3 Å². The summed E-state index contributed by atoms with van der Waals surface area (Å²) in [5.41, 5.74) is 1.55. The van der Waals surface area contributed by atoms with Gasteiger partial charge in [-0.1, -0.05) is 50.6 Å². The fourth-order valence-corrected chi connectivity index (χ4v) is 2.70. The maximum atomic E-state index is 2.41. The molecule has 1 fully saturated rings. The largest absolute Gasteiger partial charge is 0.0625 e. The van der Waals surface area contributed by atoms with Crippen molar-refractivity contribution in [1.82, 2.24) is 0 Å². The third-order valence-corrected chi connectivity index (χ3v) is 3.69. The lowest BCUT2D eigenvalue weighted by Crippen LogP contribution is -2.19. The lowest BCUT2D eigenvalue weighted by molar-refractivity contribution is 0.264. The Balaban J connectivity index is 2.16. The molecule has 0 aromatic heterocycles. The minimum absolute atomic E-state index is 0.806. The molecule has 1 saturated carbocycles. The van der Waals surface area contributed by atoms with E-state index in [2.05, 4.69) is 44.2 Å². The van der Waals surface area contributed by atoms with Crippen molar-refractivity contribution >= 4 is 0 Å². The van der Waals surface area contributed by atoms with Gasteiger partial charge in [0.25, 0.3) is 0 Å². The lowest BCUT2D eigenvalue weighted by Gasteiger charge is -2.33. The number of benzene rings is 1. The van der Waals surface area contributed by atoms with Crippen LogP contribution in [0.4, 0.5) is 0 Å². The van der Waals surface area contributed by atoms with E-state index >= 15 is 0 Å². The van der Waals surface area contributed by atoms with Crippen molar-refractivity contribution in [3.63, 3.8) is 0 Å². The van der Waals surface area contributed by atoms with Crippen LogP contribution in [-0.4, -0.2) is 0 Å². The Morgan fingerprint density at radius 1 is 1.00 bits per heavy atom. The quantitative estimate of drug-likeness (QED) is 0.619. The van der Waals surface area contributed by atoms with E-state index in [1.807, 2.05) is 0 Å². The van der Waals surface area contributed by atoms with E-state index < -0.39 is 0 Å². The standard InChI is InChI=1S/C14H20/c1-11-8-9-12(2)14(10-11)13-6-4-3-5-7-13/h3-7,11-12,14H,8-10H2,1-2H3. The molecule has 76 valence electrons. The Kier molecular flexibility index (Phi) is 2.90. The molecule has 3 unspecified atom stereocenters. The maximum absolute atomic E-state index is 2.41. The summed E-state index contributed by atoms with van der Waals surface area (Å²) in [5.74, 6) is 2.59. The van der Waals surface area contributed by atoms with Crippen LogP contribution in [0.3, 0.4) is 0 Å². The van der Waals surface area contributed by atoms with E-state index in [1.54, 1.807) is 5.56 Å². The predicted octanol–water partition coefficient (Wildman–Crippen LogP) is 4.23. The zero-order valence-electron chi connectivity index (χ0n) is 9.24. The highest BCUT2D eigenvalue weighted by molar-refractivity contribution is 5.20. The molecule has 1 aromatic carbocycles. The zero-order valence-corrected chi connectivity index (χ0v) is 9.24. The number of hydrogen-bond donors (Lipinski definition) is 0. The zero-order chi connectivity index (χ0) is 9.97. The molecule has 1 aromatic rings. The van der Waals surface area contributed by atoms with Gasteiger partial charge in [-0.2, -0.15) is 0 Å². The second-order valence-electron chi connectivity index (χ2n) is 4.91. The van der Waals surface area contributed by atoms with E-state index in [9.17, 15) is 0 Å². The summed E-state index contributed by atoms with van der Waals surface area (Å²) in [4.78, 5) is 0. The Labute approximate surface area is 87.3 Å². The lowest BCUT2D eigenvalue weighted by atomic mass is 9.72. The van der Waals surface area contributed by atoms with Crippen LogP contribution in [0.15, 0.2) is 30.3 Å². The molecule has 0 bridgehead atoms. The molecule has 0 heterocycles. The van der Waals surface area contributed by atoms with Gasteiger partial charge in [-0.15, -0.1) is 0 Å². The fraction of sp³-hybridized carbons (Fsp3) is 0.571. The number of hydrogen-bond acceptors (Lipinski definition) is 0. The van der Waals surface area contributed by atoms with Gasteiger partial charge in [0, 0.05) is 0 Å². The summed E-state index contributed by atoms with van der Waals surface area (Å²) in [6.07, 6.45) is 4.20. The molecule has 14 heavy (non-hydrogen) atoms. The van der Waals surface area contributed by atoms with Crippen LogP contribution in [0.25, 0.3) is 0 Å². The first-order valence-electron chi connectivity index (χ1n) is 5.82. The van der Waals surface area contributed by atoms with Gasteiger partial charge in [-0.25, -0.2) is 0 Å². The monoisotopic (exact) mass is 188 g/mol. The van der Waals surface area contributed by atoms with Gasteiger partial charge in [-0.05, 0) is 36.2 Å². The van der Waals surface area contributed by atoms with Crippen LogP contribution in [0.1, 0.15) is 44.6 Å². The molecular weight excluding hydrogens is 168 g/mol. The summed E-state index contributed by atoms with van der Waals surface area (Å²) in [5, 5.41) is 0. The molecule has 1 aliphatic rings. The van der Waals surface area contributed by atoms with E-state index in [0.717, 1.165) is 17.8 Å². The van der Waals surface area contributed by atoms with Crippen LogP contribution in [-0.2, 0) is 0 Å². The minimum Gasteiger partial charge on any atom is -0.0625 e. The molecule has 2 rings (SSSR count). The third kappa shape index (κ3) is 2.00. The van der Waals surface area contributed by atoms with Gasteiger partial charge in [0.2, 0.25) is 0 Å². The van der Waals surface area contributed by atoms with Crippen LogP contribution in [0.5, 0.6) is 0 Å². The van der Waals surface area contributed by atoms with Crippen molar-refractivity contribution < 1.29 is 0 Å². The molecule has 0 amide bonds. The molecule has 0 heteroatoms. The summed E-state index contributed by atoms with van der Waals surface area (Å²) >= 11 is 0. The van der Waals surface area contributed by atoms with Crippen LogP contribution < -0.4 is 0 Å². The first-order chi connectivity index (χ1) is 6.77. The SMILES string of the molecule is CC1CCC(C)C(c2ccccc2)C1. The summed E-state index contributed by atoms with van der Waals surface area (Å²) < 4.78 is 0. The van der Waals surface area contributed by atoms with Crippen molar-refractivity contribution in [2.75, 3.05) is 0 Å². The highest BCUT2D eigenvalue weighted by Crippen LogP contribution is 2.39. The Morgan fingerprint density at radius 2 is 1.71 bits per heavy atom. The summed E-state index contributed by atoms with van der Waals surface area (Å²) in [6, 6.07) is 11.0. The molecule has 0 aliphatic heterocycles. The van der Waals surface area contributed by atoms with Gasteiger partial charge in [-0.3, -0.25) is 0 Å². The first kappa shape index (κ1) is 9.76. The number of rotatable bonds is 1. The average Bonchev–Trinajstić information content (AvgIpc) is 2.23. The smallest absolute Gasteiger partial charge is 0.0134 e. The topological polar surface area (TPSA) is 0 Å². The molecule has 0 N–H and O–H groups in total. The van der Waals surface area contributed by atoms with E-state index in [4.69, 9.17) is 0 Å². The highest BCUT2D eigenvalue weighted by atomic mass is 14.3. The van der Waals surface area contributed by atoms with Crippen LogP contribution in [0.2, 0.25) is 0 Å². The van der Waals surface area contributed by atoms with E-state index in [-0.39, 0.29) is 0 Å². The second kappa shape index (κ2) is 4.16. The third-order valence-electron chi connectivity index (χ3n) is 3.69. The first-order valence-corrected chi connectivity index (χ1v) is 5.82. The second-order valence-corrected chi connectivity index (χ2v) is 4.91. The predicted molar refractivity (Wildman–Crippen MR) is 61.4 cm³/mol. The molecule has 3 atom stereocenters. The Hall–Kier alpha value is -0.780.